The normalized spacial score (nSPS) is 10.7. The summed E-state index contributed by atoms with van der Waals surface area (Å²) < 4.78 is 22.8. The molecule has 146 valence electrons. The second kappa shape index (κ2) is 8.10. The minimum Gasteiger partial charge on any atom is -0.493 e. The fourth-order valence-electron chi connectivity index (χ4n) is 3.16. The van der Waals surface area contributed by atoms with Crippen molar-refractivity contribution in [2.24, 2.45) is 0 Å². The molecular weight excluding hydrogens is 368 g/mol. The van der Waals surface area contributed by atoms with E-state index >= 15 is 0 Å². The van der Waals surface area contributed by atoms with Gasteiger partial charge in [0.15, 0.2) is 17.3 Å². The number of hydrogen-bond acceptors (Lipinski definition) is 5. The van der Waals surface area contributed by atoms with Crippen molar-refractivity contribution >= 4 is 11.0 Å². The molecule has 0 spiro atoms. The first-order chi connectivity index (χ1) is 14.2. The van der Waals surface area contributed by atoms with Gasteiger partial charge in [-0.1, -0.05) is 42.5 Å². The van der Waals surface area contributed by atoms with Gasteiger partial charge in [-0.15, -0.1) is 0 Å². The van der Waals surface area contributed by atoms with E-state index in [2.05, 4.69) is 0 Å². The molecule has 0 saturated carbocycles. The zero-order valence-electron chi connectivity index (χ0n) is 16.2. The van der Waals surface area contributed by atoms with Crippen LogP contribution in [0.3, 0.4) is 0 Å². The molecule has 0 amide bonds. The van der Waals surface area contributed by atoms with Crippen LogP contribution in [-0.4, -0.2) is 14.2 Å². The van der Waals surface area contributed by atoms with Crippen LogP contribution in [0.25, 0.3) is 22.3 Å². The van der Waals surface area contributed by atoms with Crippen LogP contribution < -0.4 is 19.6 Å². The van der Waals surface area contributed by atoms with Crippen LogP contribution in [0.1, 0.15) is 5.56 Å². The Hall–Kier alpha value is -3.73. The molecule has 0 aliphatic heterocycles. The Kier molecular flexibility index (Phi) is 5.20. The van der Waals surface area contributed by atoms with Crippen molar-refractivity contribution in [3.63, 3.8) is 0 Å². The molecule has 29 heavy (non-hydrogen) atoms. The lowest BCUT2D eigenvalue weighted by atomic mass is 10.1. The third kappa shape index (κ3) is 3.67. The van der Waals surface area contributed by atoms with Crippen LogP contribution in [-0.2, 0) is 6.61 Å². The molecule has 1 aromatic heterocycles. The Morgan fingerprint density at radius 3 is 2.34 bits per heavy atom. The lowest BCUT2D eigenvalue weighted by molar-refractivity contribution is 0.284. The summed E-state index contributed by atoms with van der Waals surface area (Å²) in [6.45, 7) is 0.422. The lowest BCUT2D eigenvalue weighted by Gasteiger charge is -2.13. The highest BCUT2D eigenvalue weighted by molar-refractivity contribution is 5.82. The molecule has 0 atom stereocenters. The molecule has 0 unspecified atom stereocenters. The monoisotopic (exact) mass is 388 g/mol. The SMILES string of the molecule is COc1cc(-c2oc3ccccc3c(=O)c2OC)ccc1OCc1ccccc1. The number of para-hydroxylation sites is 1. The highest BCUT2D eigenvalue weighted by Gasteiger charge is 2.18. The van der Waals surface area contributed by atoms with Crippen LogP contribution in [0, 0.1) is 0 Å². The number of fused-ring (bicyclic) bond motifs is 1. The van der Waals surface area contributed by atoms with Crippen molar-refractivity contribution in [2.75, 3.05) is 14.2 Å². The molecule has 3 aromatic carbocycles. The number of rotatable bonds is 6. The molecule has 0 radical (unpaired) electrons. The van der Waals surface area contributed by atoms with Gasteiger partial charge in [0.2, 0.25) is 11.2 Å². The highest BCUT2D eigenvalue weighted by atomic mass is 16.5. The second-order valence-electron chi connectivity index (χ2n) is 6.43. The Morgan fingerprint density at radius 2 is 1.59 bits per heavy atom. The van der Waals surface area contributed by atoms with E-state index in [1.807, 2.05) is 42.5 Å². The summed E-state index contributed by atoms with van der Waals surface area (Å²) in [6, 6.07) is 22.4. The maximum atomic E-state index is 12.8. The predicted molar refractivity (Wildman–Crippen MR) is 112 cm³/mol. The van der Waals surface area contributed by atoms with Gasteiger partial charge in [-0.05, 0) is 35.9 Å². The van der Waals surface area contributed by atoms with Crippen LogP contribution in [0.2, 0.25) is 0 Å². The molecule has 0 aliphatic rings. The first-order valence-corrected chi connectivity index (χ1v) is 9.16. The van der Waals surface area contributed by atoms with Gasteiger partial charge in [0.05, 0.1) is 19.6 Å². The Bertz CT molecular complexity index is 1200. The average molecular weight is 388 g/mol. The van der Waals surface area contributed by atoms with Crippen molar-refractivity contribution < 1.29 is 18.6 Å². The summed E-state index contributed by atoms with van der Waals surface area (Å²) in [5.74, 6) is 1.64. The fourth-order valence-corrected chi connectivity index (χ4v) is 3.16. The molecule has 4 rings (SSSR count). The summed E-state index contributed by atoms with van der Waals surface area (Å²) in [5.41, 5.74) is 2.00. The van der Waals surface area contributed by atoms with Crippen LogP contribution in [0.5, 0.6) is 17.2 Å². The summed E-state index contributed by atoms with van der Waals surface area (Å²) in [4.78, 5) is 12.8. The smallest absolute Gasteiger partial charge is 0.235 e. The molecule has 5 nitrogen and oxygen atoms in total. The molecule has 1 heterocycles. The first kappa shape index (κ1) is 18.6. The first-order valence-electron chi connectivity index (χ1n) is 9.16. The number of ether oxygens (including phenoxy) is 3. The Morgan fingerprint density at radius 1 is 0.828 bits per heavy atom. The molecule has 0 aliphatic carbocycles. The zero-order chi connectivity index (χ0) is 20.2. The summed E-state index contributed by atoms with van der Waals surface area (Å²) in [5, 5.41) is 0.475. The van der Waals surface area contributed by atoms with Gasteiger partial charge < -0.3 is 18.6 Å². The van der Waals surface area contributed by atoms with E-state index in [-0.39, 0.29) is 11.2 Å². The molecule has 0 saturated heterocycles. The summed E-state index contributed by atoms with van der Waals surface area (Å²) in [6.07, 6.45) is 0. The average Bonchev–Trinajstić information content (AvgIpc) is 2.78. The van der Waals surface area contributed by atoms with Gasteiger partial charge in [-0.25, -0.2) is 0 Å². The van der Waals surface area contributed by atoms with E-state index in [1.54, 1.807) is 37.4 Å². The maximum Gasteiger partial charge on any atom is 0.235 e. The molecular formula is C24H20O5. The zero-order valence-corrected chi connectivity index (χ0v) is 16.2. The van der Waals surface area contributed by atoms with E-state index in [1.165, 1.54) is 7.11 Å². The van der Waals surface area contributed by atoms with Crippen LogP contribution in [0.15, 0.2) is 82.0 Å². The molecule has 4 aromatic rings. The predicted octanol–water partition coefficient (Wildman–Crippen LogP) is 5.06. The minimum absolute atomic E-state index is 0.156. The van der Waals surface area contributed by atoms with Crippen molar-refractivity contribution in [1.29, 1.82) is 0 Å². The van der Waals surface area contributed by atoms with E-state index in [0.29, 0.717) is 40.4 Å². The fraction of sp³-hybridized carbons (Fsp3) is 0.125. The van der Waals surface area contributed by atoms with Crippen LogP contribution >= 0.6 is 0 Å². The minimum atomic E-state index is -0.215. The van der Waals surface area contributed by atoms with Crippen LogP contribution in [0.4, 0.5) is 0 Å². The molecule has 0 fully saturated rings. The topological polar surface area (TPSA) is 57.9 Å². The van der Waals surface area contributed by atoms with E-state index < -0.39 is 0 Å². The lowest BCUT2D eigenvalue weighted by Crippen LogP contribution is -2.07. The van der Waals surface area contributed by atoms with Gasteiger partial charge in [-0.3, -0.25) is 4.79 Å². The van der Waals surface area contributed by atoms with Crippen molar-refractivity contribution in [3.05, 3.63) is 88.6 Å². The maximum absolute atomic E-state index is 12.8. The second-order valence-corrected chi connectivity index (χ2v) is 6.43. The summed E-state index contributed by atoms with van der Waals surface area (Å²) >= 11 is 0. The van der Waals surface area contributed by atoms with Crippen molar-refractivity contribution in [2.45, 2.75) is 6.61 Å². The van der Waals surface area contributed by atoms with Gasteiger partial charge in [0, 0.05) is 5.56 Å². The third-order valence-electron chi connectivity index (χ3n) is 4.62. The number of methoxy groups -OCH3 is 2. The summed E-state index contributed by atoms with van der Waals surface area (Å²) in [7, 11) is 3.03. The largest absolute Gasteiger partial charge is 0.493 e. The highest BCUT2D eigenvalue weighted by Crippen LogP contribution is 2.37. The Labute approximate surface area is 168 Å². The molecule has 0 bridgehead atoms. The third-order valence-corrected chi connectivity index (χ3v) is 4.62. The van der Waals surface area contributed by atoms with Gasteiger partial charge in [0.25, 0.3) is 0 Å². The van der Waals surface area contributed by atoms with E-state index in [0.717, 1.165) is 5.56 Å². The molecule has 0 N–H and O–H groups in total. The number of hydrogen-bond donors (Lipinski definition) is 0. The standard InChI is InChI=1S/C24H20O5/c1-26-21-14-17(12-13-20(21)28-15-16-8-4-3-5-9-16)23-24(27-2)22(25)18-10-6-7-11-19(18)29-23/h3-14H,15H2,1-2H3. The van der Waals surface area contributed by atoms with Crippen molar-refractivity contribution in [1.82, 2.24) is 0 Å². The number of benzene rings is 3. The quantitative estimate of drug-likeness (QED) is 0.462. The van der Waals surface area contributed by atoms with Gasteiger partial charge >= 0.3 is 0 Å². The Balaban J connectivity index is 1.73. The van der Waals surface area contributed by atoms with Gasteiger partial charge in [0.1, 0.15) is 12.2 Å². The molecule has 5 heteroatoms. The van der Waals surface area contributed by atoms with Crippen molar-refractivity contribution in [3.8, 4) is 28.6 Å². The van der Waals surface area contributed by atoms with Gasteiger partial charge in [-0.2, -0.15) is 0 Å². The van der Waals surface area contributed by atoms with E-state index in [4.69, 9.17) is 18.6 Å². The van der Waals surface area contributed by atoms with E-state index in [9.17, 15) is 4.79 Å².